The molecular weight excluding hydrogens is 429 g/mol. The summed E-state index contributed by atoms with van der Waals surface area (Å²) < 4.78 is 44.2. The Bertz CT molecular complexity index is 939. The van der Waals surface area contributed by atoms with Crippen molar-refractivity contribution in [2.45, 2.75) is 25.1 Å². The van der Waals surface area contributed by atoms with Gasteiger partial charge in [-0.05, 0) is 51.2 Å². The number of anilines is 1. The molecule has 0 bridgehead atoms. The number of hydrogen-bond donors (Lipinski definition) is 1. The lowest BCUT2D eigenvalue weighted by Crippen LogP contribution is -2.42. The second-order valence-corrected chi connectivity index (χ2v) is 7.96. The molecule has 1 aromatic carbocycles. The Morgan fingerprint density at radius 1 is 1.31 bits per heavy atom. The van der Waals surface area contributed by atoms with Crippen LogP contribution in [0.3, 0.4) is 0 Å². The van der Waals surface area contributed by atoms with Crippen LogP contribution >= 0.6 is 0 Å². The summed E-state index contributed by atoms with van der Waals surface area (Å²) in [6.45, 7) is 1.03. The van der Waals surface area contributed by atoms with Gasteiger partial charge in [0.25, 0.3) is 5.69 Å². The van der Waals surface area contributed by atoms with E-state index in [2.05, 4.69) is 5.32 Å². The van der Waals surface area contributed by atoms with Crippen LogP contribution < -0.4 is 10.2 Å². The molecule has 1 aromatic heterocycles. The van der Waals surface area contributed by atoms with Crippen molar-refractivity contribution >= 4 is 17.3 Å². The topological polar surface area (TPSA) is 91.9 Å². The average Bonchev–Trinajstić information content (AvgIpc) is 3.27. The zero-order chi connectivity index (χ0) is 23.5. The largest absolute Gasteiger partial charge is 0.468 e. The van der Waals surface area contributed by atoms with Crippen LogP contribution in [0.5, 0.6) is 0 Å². The van der Waals surface area contributed by atoms with Gasteiger partial charge in [0.05, 0.1) is 22.8 Å². The lowest BCUT2D eigenvalue weighted by atomic mass is 9.95. The molecule has 11 heteroatoms. The number of nitrogens with one attached hydrogen (secondary N) is 1. The summed E-state index contributed by atoms with van der Waals surface area (Å²) in [5, 5.41) is 14.3. The van der Waals surface area contributed by atoms with E-state index in [1.807, 2.05) is 25.1 Å². The Morgan fingerprint density at radius 2 is 2.00 bits per heavy atom. The Kier molecular flexibility index (Phi) is 7.07. The third-order valence-corrected chi connectivity index (χ3v) is 5.67. The van der Waals surface area contributed by atoms with Crippen LogP contribution in [0.1, 0.15) is 30.2 Å². The molecule has 1 N–H and O–H groups in total. The first kappa shape index (κ1) is 23.6. The lowest BCUT2D eigenvalue weighted by molar-refractivity contribution is -0.384. The van der Waals surface area contributed by atoms with E-state index in [1.165, 1.54) is 0 Å². The molecule has 0 spiro atoms. The SMILES string of the molecule is CN(C)[C@@H](CNC(=O)C1CCN(c2ccc(C(F)(F)F)cc2[N+](=O)[O-])CC1)c1ccco1. The smallest absolute Gasteiger partial charge is 0.416 e. The van der Waals surface area contributed by atoms with Crippen LogP contribution in [0.4, 0.5) is 24.5 Å². The molecule has 1 atom stereocenters. The molecule has 32 heavy (non-hydrogen) atoms. The van der Waals surface area contributed by atoms with Crippen LogP contribution in [0, 0.1) is 16.0 Å². The Hall–Kier alpha value is -3.08. The van der Waals surface area contributed by atoms with Crippen molar-refractivity contribution in [1.29, 1.82) is 0 Å². The summed E-state index contributed by atoms with van der Waals surface area (Å²) >= 11 is 0. The number of nitrogens with zero attached hydrogens (tertiary/aromatic N) is 3. The number of benzene rings is 1. The van der Waals surface area contributed by atoms with Crippen molar-refractivity contribution in [1.82, 2.24) is 10.2 Å². The molecule has 1 fully saturated rings. The van der Waals surface area contributed by atoms with Crippen LogP contribution in [0.15, 0.2) is 41.0 Å². The quantitative estimate of drug-likeness (QED) is 0.505. The molecule has 0 unspecified atom stereocenters. The van der Waals surface area contributed by atoms with Crippen LogP contribution in [0.25, 0.3) is 0 Å². The fourth-order valence-electron chi connectivity index (χ4n) is 3.86. The number of alkyl halides is 3. The number of nitro benzene ring substituents is 1. The highest BCUT2D eigenvalue weighted by Crippen LogP contribution is 2.37. The van der Waals surface area contributed by atoms with Crippen molar-refractivity contribution in [3.05, 3.63) is 58.0 Å². The second kappa shape index (κ2) is 9.60. The van der Waals surface area contributed by atoms with Crippen molar-refractivity contribution in [2.24, 2.45) is 5.92 Å². The van der Waals surface area contributed by atoms with E-state index in [9.17, 15) is 28.1 Å². The van der Waals surface area contributed by atoms with Crippen molar-refractivity contribution in [3.63, 3.8) is 0 Å². The van der Waals surface area contributed by atoms with Gasteiger partial charge in [0.2, 0.25) is 5.91 Å². The number of likely N-dealkylation sites (N-methyl/N-ethyl adjacent to an activating group) is 1. The average molecular weight is 454 g/mol. The summed E-state index contributed by atoms with van der Waals surface area (Å²) in [6.07, 6.45) is -2.20. The van der Waals surface area contributed by atoms with Gasteiger partial charge in [-0.15, -0.1) is 0 Å². The predicted octanol–water partition coefficient (Wildman–Crippen LogP) is 3.84. The molecular formula is C21H25F3N4O4. The third-order valence-electron chi connectivity index (χ3n) is 5.67. The van der Waals surface area contributed by atoms with Crippen LogP contribution in [-0.2, 0) is 11.0 Å². The van der Waals surface area contributed by atoms with Crippen molar-refractivity contribution in [3.8, 4) is 0 Å². The number of rotatable bonds is 7. The minimum absolute atomic E-state index is 0.120. The van der Waals surface area contributed by atoms with E-state index >= 15 is 0 Å². The van der Waals surface area contributed by atoms with Gasteiger partial charge in [-0.3, -0.25) is 19.8 Å². The number of carbonyl (C=O) groups is 1. The zero-order valence-corrected chi connectivity index (χ0v) is 17.8. The fourth-order valence-corrected chi connectivity index (χ4v) is 3.86. The fraction of sp³-hybridized carbons (Fsp3) is 0.476. The van der Waals surface area contributed by atoms with Gasteiger partial charge < -0.3 is 14.6 Å². The zero-order valence-electron chi connectivity index (χ0n) is 17.8. The summed E-state index contributed by atoms with van der Waals surface area (Å²) in [5.41, 5.74) is -1.52. The van der Waals surface area contributed by atoms with Gasteiger partial charge in [0, 0.05) is 31.6 Å². The normalized spacial score (nSPS) is 16.2. The Labute approximate surface area is 183 Å². The molecule has 8 nitrogen and oxygen atoms in total. The summed E-state index contributed by atoms with van der Waals surface area (Å²) in [6, 6.07) is 6.04. The van der Waals surface area contributed by atoms with Crippen LogP contribution in [-0.4, -0.2) is 49.5 Å². The molecule has 2 heterocycles. The number of furan rings is 1. The first-order valence-electron chi connectivity index (χ1n) is 10.2. The maximum atomic E-state index is 12.9. The van der Waals surface area contributed by atoms with E-state index < -0.39 is 22.4 Å². The highest BCUT2D eigenvalue weighted by Gasteiger charge is 2.35. The van der Waals surface area contributed by atoms with E-state index in [1.54, 1.807) is 17.2 Å². The van der Waals surface area contributed by atoms with E-state index in [-0.39, 0.29) is 23.6 Å². The molecule has 2 aromatic rings. The monoisotopic (exact) mass is 454 g/mol. The summed E-state index contributed by atoms with van der Waals surface area (Å²) in [7, 11) is 3.77. The molecule has 1 aliphatic rings. The second-order valence-electron chi connectivity index (χ2n) is 7.96. The van der Waals surface area contributed by atoms with Crippen molar-refractivity contribution in [2.75, 3.05) is 38.6 Å². The highest BCUT2D eigenvalue weighted by molar-refractivity contribution is 5.79. The molecule has 174 valence electrons. The van der Waals surface area contributed by atoms with Gasteiger partial charge in [-0.1, -0.05) is 0 Å². The molecule has 1 aliphatic heterocycles. The molecule has 1 saturated heterocycles. The Morgan fingerprint density at radius 3 is 2.53 bits per heavy atom. The maximum absolute atomic E-state index is 12.9. The maximum Gasteiger partial charge on any atom is 0.416 e. The number of halogens is 3. The van der Waals surface area contributed by atoms with Crippen molar-refractivity contribution < 1.29 is 27.3 Å². The van der Waals surface area contributed by atoms with Gasteiger partial charge in [-0.25, -0.2) is 0 Å². The minimum atomic E-state index is -4.66. The van der Waals surface area contributed by atoms with Gasteiger partial charge >= 0.3 is 6.18 Å². The first-order chi connectivity index (χ1) is 15.1. The minimum Gasteiger partial charge on any atom is -0.468 e. The highest BCUT2D eigenvalue weighted by atomic mass is 19.4. The number of piperidine rings is 1. The lowest BCUT2D eigenvalue weighted by Gasteiger charge is -2.33. The predicted molar refractivity (Wildman–Crippen MR) is 111 cm³/mol. The number of nitro groups is 1. The molecule has 0 saturated carbocycles. The third kappa shape index (κ3) is 5.39. The standard InChI is InChI=1S/C21H25F3N4O4/c1-26(2)18(19-4-3-11-32-19)13-25-20(29)14-7-9-27(10-8-14)16-6-5-15(21(22,23)24)12-17(16)28(30)31/h3-6,11-12,14,18H,7-10,13H2,1-2H3,(H,25,29)/t18-/m0/s1. The summed E-state index contributed by atoms with van der Waals surface area (Å²) in [4.78, 5) is 26.8. The number of amides is 1. The molecule has 3 rings (SSSR count). The number of hydrogen-bond acceptors (Lipinski definition) is 6. The van der Waals surface area contributed by atoms with Gasteiger partial charge in [-0.2, -0.15) is 13.2 Å². The van der Waals surface area contributed by atoms with E-state index in [0.717, 1.165) is 17.9 Å². The number of carbonyl (C=O) groups excluding carboxylic acids is 1. The van der Waals surface area contributed by atoms with Crippen LogP contribution in [0.2, 0.25) is 0 Å². The molecule has 0 aliphatic carbocycles. The molecule has 1 amide bonds. The van der Waals surface area contributed by atoms with E-state index in [0.29, 0.717) is 38.5 Å². The molecule has 0 radical (unpaired) electrons. The van der Waals surface area contributed by atoms with E-state index in [4.69, 9.17) is 4.42 Å². The Balaban J connectivity index is 1.61. The van der Waals surface area contributed by atoms with Gasteiger partial charge in [0.1, 0.15) is 11.4 Å². The van der Waals surface area contributed by atoms with Gasteiger partial charge in [0.15, 0.2) is 0 Å². The summed E-state index contributed by atoms with van der Waals surface area (Å²) in [5.74, 6) is 0.337. The first-order valence-corrected chi connectivity index (χ1v) is 10.2.